The van der Waals surface area contributed by atoms with Gasteiger partial charge in [-0.15, -0.1) is 0 Å². The maximum atomic E-state index is 13.9. The molecule has 3 aliphatic rings. The number of quaternary nitrogens is 1. The number of alkyl halides is 6. The lowest BCUT2D eigenvalue weighted by molar-refractivity contribution is -0.555. The maximum absolute atomic E-state index is 13.9. The van der Waals surface area contributed by atoms with Gasteiger partial charge in [0, 0.05) is 101 Å². The number of allylic oxidation sites excluding steroid dienone is 3. The van der Waals surface area contributed by atoms with Gasteiger partial charge in [0.05, 0.1) is 69.8 Å². The molecule has 0 radical (unpaired) electrons. The van der Waals surface area contributed by atoms with Gasteiger partial charge >= 0.3 is 12.4 Å². The predicted octanol–water partition coefficient (Wildman–Crippen LogP) is 7.53. The normalized spacial score (nSPS) is 21.5. The molecule has 0 bridgehead atoms. The molecule has 0 saturated carbocycles. The average Bonchev–Trinajstić information content (AvgIpc) is 3.82. The fourth-order valence-corrected chi connectivity index (χ4v) is 8.55. The zero-order valence-electron chi connectivity index (χ0n) is 39.6. The zero-order chi connectivity index (χ0) is 50.6. The second-order valence-corrected chi connectivity index (χ2v) is 17.8. The molecule has 14 nitrogen and oxygen atoms in total. The molecule has 5 atom stereocenters. The number of nitrogens with two attached hydrogens (primary N) is 1. The molecule has 5 unspecified atom stereocenters. The molecule has 0 saturated heterocycles. The molecule has 0 spiro atoms. The molecule has 2 aromatic carbocycles. The van der Waals surface area contributed by atoms with Crippen LogP contribution in [0.5, 0.6) is 11.5 Å². The first-order valence-electron chi connectivity index (χ1n) is 22.5. The third-order valence-corrected chi connectivity index (χ3v) is 12.7. The smallest absolute Gasteiger partial charge is 0.416 e. The highest BCUT2D eigenvalue weighted by atomic mass is 19.4. The summed E-state index contributed by atoms with van der Waals surface area (Å²) >= 11 is 0. The molecule has 0 amide bonds. The Morgan fingerprint density at radius 1 is 0.929 bits per heavy atom. The topological polar surface area (TPSA) is 167 Å². The summed E-state index contributed by atoms with van der Waals surface area (Å²) in [5.41, 5.74) is 3.62. The van der Waals surface area contributed by atoms with Gasteiger partial charge in [-0.05, 0) is 67.8 Å². The number of aliphatic imine (C=N–C) groups is 1. The molecule has 20 heteroatoms. The summed E-state index contributed by atoms with van der Waals surface area (Å²) in [6.45, 7) is 2.71. The van der Waals surface area contributed by atoms with Gasteiger partial charge < -0.3 is 49.7 Å². The summed E-state index contributed by atoms with van der Waals surface area (Å²) in [6.07, 6.45) is 2.73. The predicted molar refractivity (Wildman–Crippen MR) is 253 cm³/mol. The largest absolute Gasteiger partial charge is 0.501 e. The van der Waals surface area contributed by atoms with E-state index in [2.05, 4.69) is 10.1 Å². The minimum Gasteiger partial charge on any atom is -0.501 e. The number of rotatable bonds is 19. The number of aliphatic hydroxyl groups excluding tert-OH is 2. The van der Waals surface area contributed by atoms with Crippen LogP contribution in [0, 0.1) is 5.41 Å². The number of pyridine rings is 1. The van der Waals surface area contributed by atoms with Crippen molar-refractivity contribution in [1.82, 2.24) is 19.7 Å². The van der Waals surface area contributed by atoms with Crippen LogP contribution < -0.4 is 19.7 Å². The molecule has 2 aromatic heterocycles. The third kappa shape index (κ3) is 11.6. The number of aromatic nitrogens is 3. The Morgan fingerprint density at radius 2 is 1.66 bits per heavy atom. The Hall–Kier alpha value is -6.48. The monoisotopic (exact) mass is 979 g/mol. The average molecular weight is 980 g/mol. The highest BCUT2D eigenvalue weighted by Crippen LogP contribution is 2.45. The molecule has 70 heavy (non-hydrogen) atoms. The number of hydrogen-bond donors (Lipinski definition) is 4. The van der Waals surface area contributed by atoms with E-state index in [-0.39, 0.29) is 24.6 Å². The van der Waals surface area contributed by atoms with Crippen LogP contribution in [-0.4, -0.2) is 127 Å². The minimum atomic E-state index is -4.92. The first-order chi connectivity index (χ1) is 33.2. The molecule has 7 rings (SSSR count). The summed E-state index contributed by atoms with van der Waals surface area (Å²) in [4.78, 5) is 12.2. The summed E-state index contributed by atoms with van der Waals surface area (Å²) in [5, 5.41) is 35.5. The van der Waals surface area contributed by atoms with Gasteiger partial charge in [0.2, 0.25) is 0 Å². The molecular formula is C50H57F6N8O6+. The maximum Gasteiger partial charge on any atom is 0.416 e. The Balaban J connectivity index is 1.10. The van der Waals surface area contributed by atoms with Crippen LogP contribution in [0.15, 0.2) is 119 Å². The number of ether oxygens (including phenoxy) is 4. The number of hydrogen-bond acceptors (Lipinski definition) is 12. The van der Waals surface area contributed by atoms with Crippen molar-refractivity contribution in [2.45, 2.75) is 81.3 Å². The lowest BCUT2D eigenvalue weighted by Gasteiger charge is -2.42. The van der Waals surface area contributed by atoms with Gasteiger partial charge in [-0.3, -0.25) is 14.7 Å². The van der Waals surface area contributed by atoms with Crippen LogP contribution in [0.1, 0.15) is 44.2 Å². The van der Waals surface area contributed by atoms with Crippen molar-refractivity contribution in [3.8, 4) is 11.5 Å². The lowest BCUT2D eigenvalue weighted by Crippen LogP contribution is -2.72. The molecule has 4 aromatic rings. The Bertz CT molecular complexity index is 2750. The van der Waals surface area contributed by atoms with E-state index in [0.717, 1.165) is 11.1 Å². The van der Waals surface area contributed by atoms with Gasteiger partial charge in [-0.2, -0.15) is 31.4 Å². The van der Waals surface area contributed by atoms with Crippen molar-refractivity contribution >= 4 is 40.3 Å². The van der Waals surface area contributed by atoms with E-state index in [1.54, 1.807) is 83.2 Å². The number of halogens is 6. The lowest BCUT2D eigenvalue weighted by atomic mass is 9.69. The molecule has 3 heterocycles. The van der Waals surface area contributed by atoms with Crippen LogP contribution in [0.3, 0.4) is 0 Å². The van der Waals surface area contributed by atoms with Crippen LogP contribution in [0.25, 0.3) is 16.5 Å². The molecule has 2 aliphatic carbocycles. The first kappa shape index (κ1) is 51.4. The van der Waals surface area contributed by atoms with Crippen LogP contribution >= 0.6 is 0 Å². The van der Waals surface area contributed by atoms with Crippen LogP contribution in [0.2, 0.25) is 0 Å². The molecule has 374 valence electrons. The highest BCUT2D eigenvalue weighted by molar-refractivity contribution is 6.08. The van der Waals surface area contributed by atoms with Crippen molar-refractivity contribution in [1.29, 1.82) is 5.41 Å². The minimum absolute atomic E-state index is 0.0855. The fraction of sp³-hybridized carbons (Fsp3) is 0.400. The van der Waals surface area contributed by atoms with Crippen molar-refractivity contribution in [2.75, 3.05) is 53.0 Å². The van der Waals surface area contributed by atoms with E-state index >= 15 is 0 Å². The van der Waals surface area contributed by atoms with Gasteiger partial charge in [-0.1, -0.05) is 13.0 Å². The third-order valence-electron chi connectivity index (χ3n) is 12.7. The summed E-state index contributed by atoms with van der Waals surface area (Å²) in [7, 11) is 6.22. The Morgan fingerprint density at radius 3 is 2.33 bits per heavy atom. The number of methoxy groups -OCH3 is 3. The van der Waals surface area contributed by atoms with Gasteiger partial charge in [0.15, 0.2) is 12.2 Å². The number of anilines is 2. The molecular weight excluding hydrogens is 923 g/mol. The van der Waals surface area contributed by atoms with Crippen LogP contribution in [0.4, 0.5) is 37.7 Å². The summed E-state index contributed by atoms with van der Waals surface area (Å²) in [5.74, 6) is 1.09. The second-order valence-electron chi connectivity index (χ2n) is 17.8. The van der Waals surface area contributed by atoms with Crippen LogP contribution in [-0.2, 0) is 21.4 Å². The number of fused-ring (bicyclic) bond motifs is 2. The molecule has 0 fully saturated rings. The number of nitrogens with zero attached hydrogens (tertiary/aromatic N) is 6. The number of nitrogens with one attached hydrogen (secondary N) is 1. The fourth-order valence-electron chi connectivity index (χ4n) is 8.55. The standard InChI is InChI=1S/C50H56F6N8O6/c1-47(22-34-15-37(9-10-48(34,2)60-30-47)64(29-46(66)50(54,55)56)38-16-40(67-4)20-41(17-38)68-5)35-26-61-62(27-35)11-12-70-43-19-39(18-42(21-43)69-6)63(28-45(65)49(51,52)53)36-7-8-44-31(14-36)13-32(25-59-44)33(23-57)24-58-3/h7-9,13-19,21,23-27,30,40,45-46,57-58,65-66H,10-12,20,22,28-29H2,1-6H3/p+1. The zero-order valence-corrected chi connectivity index (χ0v) is 39.6. The molecule has 5 N–H and O–H groups in total. The van der Waals surface area contributed by atoms with Gasteiger partial charge in [-0.25, -0.2) is 0 Å². The van der Waals surface area contributed by atoms with E-state index in [1.165, 1.54) is 37.3 Å². The van der Waals surface area contributed by atoms with Crippen molar-refractivity contribution < 1.29 is 60.8 Å². The Kier molecular flexibility index (Phi) is 15.3. The Labute approximate surface area is 401 Å². The summed E-state index contributed by atoms with van der Waals surface area (Å²) in [6, 6.07) is 11.4. The number of aliphatic hydroxyl groups is 2. The quantitative estimate of drug-likeness (QED) is 0.0545. The second kappa shape index (κ2) is 20.9. The van der Waals surface area contributed by atoms with Crippen molar-refractivity contribution in [3.05, 3.63) is 125 Å². The van der Waals surface area contributed by atoms with Gasteiger partial charge in [0.25, 0.3) is 0 Å². The SMILES string of the molecule is C[NH2+]C=C(C=N)c1cnc2ccc(N(CC(O)C(F)(F)F)c3cc(OC)cc(OCCn4cc(C5(C)C=NC6(C)CC=C(N(CC(O)C(F)(F)F)C7=CC(OC)CC(OC)=C7)C=C6C5)cn4)c3)cc2c1. The van der Waals surface area contributed by atoms with E-state index < -0.39 is 54.7 Å². The van der Waals surface area contributed by atoms with Gasteiger partial charge in [0.1, 0.15) is 30.1 Å². The van der Waals surface area contributed by atoms with Crippen molar-refractivity contribution in [3.63, 3.8) is 0 Å². The van der Waals surface area contributed by atoms with Crippen molar-refractivity contribution in [2.24, 2.45) is 4.99 Å². The molecule has 1 aliphatic heterocycles. The number of benzene rings is 2. The van der Waals surface area contributed by atoms with E-state index in [1.807, 2.05) is 45.5 Å². The first-order valence-corrected chi connectivity index (χ1v) is 22.5. The summed E-state index contributed by atoms with van der Waals surface area (Å²) < 4.78 is 108. The van der Waals surface area contributed by atoms with E-state index in [4.69, 9.17) is 29.3 Å². The highest BCUT2D eigenvalue weighted by Gasteiger charge is 2.44. The van der Waals surface area contributed by atoms with E-state index in [9.17, 15) is 36.6 Å². The van der Waals surface area contributed by atoms with E-state index in [0.29, 0.717) is 69.9 Å².